The zero-order chi connectivity index (χ0) is 14.5. The lowest BCUT2D eigenvalue weighted by molar-refractivity contribution is -0.137. The molecule has 1 atom stereocenters. The number of aliphatic carboxylic acids is 1. The Morgan fingerprint density at radius 2 is 1.95 bits per heavy atom. The first-order chi connectivity index (χ1) is 8.80. The molecule has 0 aromatic carbocycles. The van der Waals surface area contributed by atoms with E-state index < -0.39 is 30.1 Å². The maximum absolute atomic E-state index is 11.7. The number of carboxylic acid groups (broad SMARTS) is 1. The van der Waals surface area contributed by atoms with E-state index >= 15 is 0 Å². The Hall–Kier alpha value is -1.83. The predicted molar refractivity (Wildman–Crippen MR) is 65.5 cm³/mol. The Labute approximate surface area is 110 Å². The van der Waals surface area contributed by atoms with Crippen molar-refractivity contribution in [3.8, 4) is 0 Å². The van der Waals surface area contributed by atoms with Crippen LogP contribution >= 0.6 is 0 Å². The molecule has 4 N–H and O–H groups in total. The number of piperidine rings is 1. The number of nitrogens with zero attached hydrogens (tertiary/aromatic N) is 1. The highest BCUT2D eigenvalue weighted by Gasteiger charge is 2.30. The van der Waals surface area contributed by atoms with Crippen LogP contribution in [0.5, 0.6) is 0 Å². The number of nitrogens with one attached hydrogen (secondary N) is 2. The zero-order valence-electron chi connectivity index (χ0n) is 10.8. The fourth-order valence-electron chi connectivity index (χ4n) is 1.90. The number of hydrogen-bond acceptors (Lipinski definition) is 4. The fourth-order valence-corrected chi connectivity index (χ4v) is 1.90. The van der Waals surface area contributed by atoms with Gasteiger partial charge < -0.3 is 25.7 Å². The average molecular weight is 273 g/mol. The molecule has 0 saturated carbocycles. The van der Waals surface area contributed by atoms with Crippen LogP contribution in [0.15, 0.2) is 0 Å². The van der Waals surface area contributed by atoms with Crippen LogP contribution < -0.4 is 10.6 Å². The molecule has 0 aromatic heterocycles. The summed E-state index contributed by atoms with van der Waals surface area (Å²) in [4.78, 5) is 34.6. The topological polar surface area (TPSA) is 119 Å². The first-order valence-corrected chi connectivity index (χ1v) is 6.04. The van der Waals surface area contributed by atoms with E-state index in [9.17, 15) is 19.5 Å². The molecule has 8 nitrogen and oxygen atoms in total. The second kappa shape index (κ2) is 6.37. The van der Waals surface area contributed by atoms with Gasteiger partial charge in [0.1, 0.15) is 6.54 Å². The van der Waals surface area contributed by atoms with Gasteiger partial charge in [0.05, 0.1) is 18.7 Å². The second-order valence-electron chi connectivity index (χ2n) is 4.85. The molecule has 1 saturated heterocycles. The van der Waals surface area contributed by atoms with Gasteiger partial charge >= 0.3 is 12.0 Å². The lowest BCUT2D eigenvalue weighted by Crippen LogP contribution is -2.53. The van der Waals surface area contributed by atoms with E-state index in [2.05, 4.69) is 10.6 Å². The van der Waals surface area contributed by atoms with Gasteiger partial charge in [0.15, 0.2) is 0 Å². The van der Waals surface area contributed by atoms with Gasteiger partial charge in [-0.2, -0.15) is 0 Å². The van der Waals surface area contributed by atoms with Crippen LogP contribution in [0.25, 0.3) is 0 Å². The standard InChI is InChI=1S/C11H19N3O5/c1-11(19)3-2-4-14(7-11)10(18)13-5-8(15)12-6-9(16)17/h19H,2-7H2,1H3,(H,12,15)(H,13,18)(H,16,17). The number of likely N-dealkylation sites (tertiary alicyclic amines) is 1. The summed E-state index contributed by atoms with van der Waals surface area (Å²) in [7, 11) is 0. The van der Waals surface area contributed by atoms with Crippen LogP contribution in [0.2, 0.25) is 0 Å². The maximum atomic E-state index is 11.7. The quantitative estimate of drug-likeness (QED) is 0.510. The number of carbonyl (C=O) groups excluding carboxylic acids is 2. The highest BCUT2D eigenvalue weighted by molar-refractivity contribution is 5.86. The van der Waals surface area contributed by atoms with E-state index in [1.54, 1.807) is 6.92 Å². The number of aliphatic hydroxyl groups is 1. The number of rotatable bonds is 4. The fraction of sp³-hybridized carbons (Fsp3) is 0.727. The second-order valence-corrected chi connectivity index (χ2v) is 4.85. The van der Waals surface area contributed by atoms with Crippen molar-refractivity contribution in [1.29, 1.82) is 0 Å². The zero-order valence-corrected chi connectivity index (χ0v) is 10.8. The predicted octanol–water partition coefficient (Wildman–Crippen LogP) is -1.26. The van der Waals surface area contributed by atoms with E-state index in [0.29, 0.717) is 19.4 Å². The smallest absolute Gasteiger partial charge is 0.322 e. The van der Waals surface area contributed by atoms with E-state index in [1.165, 1.54) is 4.90 Å². The Balaban J connectivity index is 2.31. The Bertz CT molecular complexity index is 369. The maximum Gasteiger partial charge on any atom is 0.322 e. The lowest BCUT2D eigenvalue weighted by Gasteiger charge is -2.36. The summed E-state index contributed by atoms with van der Waals surface area (Å²) in [5, 5.41) is 22.7. The van der Waals surface area contributed by atoms with Gasteiger partial charge in [0.25, 0.3) is 0 Å². The van der Waals surface area contributed by atoms with Crippen molar-refractivity contribution < 1.29 is 24.6 Å². The molecule has 108 valence electrons. The average Bonchev–Trinajstić information content (AvgIpc) is 2.32. The molecule has 1 unspecified atom stereocenters. The van der Waals surface area contributed by atoms with Crippen LogP contribution in [0.3, 0.4) is 0 Å². The van der Waals surface area contributed by atoms with E-state index in [0.717, 1.165) is 0 Å². The van der Waals surface area contributed by atoms with Crippen LogP contribution in [0.1, 0.15) is 19.8 Å². The highest BCUT2D eigenvalue weighted by Crippen LogP contribution is 2.19. The van der Waals surface area contributed by atoms with Crippen LogP contribution in [-0.4, -0.2) is 64.8 Å². The number of β-amino-alcohol motifs (C(OH)–C–C–N with tert-alkyl or cyclic N) is 1. The lowest BCUT2D eigenvalue weighted by atomic mass is 9.95. The highest BCUT2D eigenvalue weighted by atomic mass is 16.4. The van der Waals surface area contributed by atoms with E-state index in [1.807, 2.05) is 0 Å². The van der Waals surface area contributed by atoms with Gasteiger partial charge in [-0.3, -0.25) is 9.59 Å². The van der Waals surface area contributed by atoms with Crippen molar-refractivity contribution in [2.24, 2.45) is 0 Å². The van der Waals surface area contributed by atoms with Crippen molar-refractivity contribution in [2.75, 3.05) is 26.2 Å². The summed E-state index contributed by atoms with van der Waals surface area (Å²) < 4.78 is 0. The normalized spacial score (nSPS) is 22.7. The van der Waals surface area contributed by atoms with Gasteiger partial charge in [0.2, 0.25) is 5.91 Å². The number of carbonyl (C=O) groups is 3. The molecule has 1 aliphatic rings. The van der Waals surface area contributed by atoms with E-state index in [4.69, 9.17) is 5.11 Å². The molecule has 0 aromatic rings. The number of hydrogen-bond donors (Lipinski definition) is 4. The van der Waals surface area contributed by atoms with Crippen LogP contribution in [0, 0.1) is 0 Å². The first kappa shape index (κ1) is 15.2. The SMILES string of the molecule is CC1(O)CCCN(C(=O)NCC(=O)NCC(=O)O)C1. The van der Waals surface area contributed by atoms with Crippen molar-refractivity contribution in [3.63, 3.8) is 0 Å². The molecule has 0 aliphatic carbocycles. The molecule has 0 radical (unpaired) electrons. The minimum absolute atomic E-state index is 0.218. The molecule has 1 heterocycles. The van der Waals surface area contributed by atoms with E-state index in [-0.39, 0.29) is 13.1 Å². The number of amides is 3. The molecule has 19 heavy (non-hydrogen) atoms. The molecule has 1 fully saturated rings. The summed E-state index contributed by atoms with van der Waals surface area (Å²) in [6.45, 7) is 1.64. The Morgan fingerprint density at radius 1 is 1.26 bits per heavy atom. The third-order valence-corrected chi connectivity index (χ3v) is 2.80. The van der Waals surface area contributed by atoms with Crippen molar-refractivity contribution in [1.82, 2.24) is 15.5 Å². The summed E-state index contributed by atoms with van der Waals surface area (Å²) >= 11 is 0. The summed E-state index contributed by atoms with van der Waals surface area (Å²) in [5.41, 5.74) is -0.902. The molecule has 0 bridgehead atoms. The third kappa shape index (κ3) is 5.56. The molecule has 0 spiro atoms. The van der Waals surface area contributed by atoms with Crippen molar-refractivity contribution >= 4 is 17.9 Å². The largest absolute Gasteiger partial charge is 0.480 e. The van der Waals surface area contributed by atoms with Crippen LogP contribution in [-0.2, 0) is 9.59 Å². The number of carboxylic acids is 1. The van der Waals surface area contributed by atoms with Crippen molar-refractivity contribution in [2.45, 2.75) is 25.4 Å². The van der Waals surface area contributed by atoms with Gasteiger partial charge in [-0.05, 0) is 19.8 Å². The molecule has 1 rings (SSSR count). The molecule has 1 aliphatic heterocycles. The number of urea groups is 1. The van der Waals surface area contributed by atoms with Gasteiger partial charge in [-0.15, -0.1) is 0 Å². The monoisotopic (exact) mass is 273 g/mol. The molecular weight excluding hydrogens is 254 g/mol. The minimum atomic E-state index is -1.15. The van der Waals surface area contributed by atoms with Crippen LogP contribution in [0.4, 0.5) is 4.79 Å². The van der Waals surface area contributed by atoms with Gasteiger partial charge in [-0.25, -0.2) is 4.79 Å². The summed E-state index contributed by atoms with van der Waals surface area (Å²) in [6, 6.07) is -0.439. The minimum Gasteiger partial charge on any atom is -0.480 e. The molecular formula is C11H19N3O5. The Kier molecular flexibility index (Phi) is 5.11. The third-order valence-electron chi connectivity index (χ3n) is 2.80. The molecule has 8 heteroatoms. The van der Waals surface area contributed by atoms with Gasteiger partial charge in [0, 0.05) is 6.54 Å². The first-order valence-electron chi connectivity index (χ1n) is 6.04. The summed E-state index contributed by atoms with van der Waals surface area (Å²) in [6.07, 6.45) is 1.33. The summed E-state index contributed by atoms with van der Waals surface area (Å²) in [5.74, 6) is -1.72. The molecule has 3 amide bonds. The van der Waals surface area contributed by atoms with Gasteiger partial charge in [-0.1, -0.05) is 0 Å². The Morgan fingerprint density at radius 3 is 2.53 bits per heavy atom. The van der Waals surface area contributed by atoms with Crippen molar-refractivity contribution in [3.05, 3.63) is 0 Å².